The molecule has 4 nitrogen and oxygen atoms in total. The molecule has 0 aliphatic heterocycles. The van der Waals surface area contributed by atoms with Gasteiger partial charge in [0, 0.05) is 12.1 Å². The number of carbonyl (C=O) groups is 1. The number of amides is 1. The van der Waals surface area contributed by atoms with Crippen LogP contribution < -0.4 is 5.32 Å². The van der Waals surface area contributed by atoms with E-state index in [1.807, 2.05) is 44.2 Å². The van der Waals surface area contributed by atoms with E-state index in [1.54, 1.807) is 6.26 Å². The quantitative estimate of drug-likeness (QED) is 0.847. The normalized spacial score (nSPS) is 12.4. The molecule has 0 saturated carbocycles. The number of likely N-dealkylation sites (N-methyl/N-ethyl adjacent to an activating group) is 1. The highest BCUT2D eigenvalue weighted by Gasteiger charge is 2.21. The zero-order valence-corrected chi connectivity index (χ0v) is 14.4. The summed E-state index contributed by atoms with van der Waals surface area (Å²) in [6.45, 7) is 10.5. The van der Waals surface area contributed by atoms with E-state index in [0.717, 1.165) is 35.5 Å². The molecule has 0 bridgehead atoms. The van der Waals surface area contributed by atoms with Crippen molar-refractivity contribution in [2.24, 2.45) is 0 Å². The lowest BCUT2D eigenvalue weighted by Crippen LogP contribution is -2.38. The molecule has 4 heteroatoms. The average Bonchev–Trinajstić information content (AvgIpc) is 3.07. The monoisotopic (exact) mass is 314 g/mol. The summed E-state index contributed by atoms with van der Waals surface area (Å²) in [6, 6.07) is 9.84. The van der Waals surface area contributed by atoms with E-state index in [4.69, 9.17) is 4.42 Å². The number of furan rings is 1. The Hall–Kier alpha value is -2.07. The Balaban J connectivity index is 2.12. The molecule has 2 rings (SSSR count). The summed E-state index contributed by atoms with van der Waals surface area (Å²) in [5.74, 6) is 0.852. The smallest absolute Gasteiger partial charge is 0.251 e. The van der Waals surface area contributed by atoms with Gasteiger partial charge < -0.3 is 9.73 Å². The van der Waals surface area contributed by atoms with Crippen LogP contribution in [-0.2, 0) is 0 Å². The van der Waals surface area contributed by atoms with Gasteiger partial charge in [-0.15, -0.1) is 0 Å². The highest BCUT2D eigenvalue weighted by Crippen LogP contribution is 2.20. The average molecular weight is 314 g/mol. The van der Waals surface area contributed by atoms with Crippen molar-refractivity contribution >= 4 is 5.91 Å². The predicted molar refractivity (Wildman–Crippen MR) is 92.6 cm³/mol. The molecule has 1 atom stereocenters. The van der Waals surface area contributed by atoms with Crippen molar-refractivity contribution in [3.63, 3.8) is 0 Å². The summed E-state index contributed by atoms with van der Waals surface area (Å²) in [4.78, 5) is 14.8. The van der Waals surface area contributed by atoms with E-state index in [-0.39, 0.29) is 11.9 Å². The van der Waals surface area contributed by atoms with Gasteiger partial charge in [0.05, 0.1) is 12.3 Å². The van der Waals surface area contributed by atoms with E-state index < -0.39 is 0 Å². The Morgan fingerprint density at radius 2 is 1.96 bits per heavy atom. The molecule has 1 heterocycles. The topological polar surface area (TPSA) is 45.5 Å². The van der Waals surface area contributed by atoms with Crippen molar-refractivity contribution in [1.29, 1.82) is 0 Å². The molecule has 124 valence electrons. The third-order valence-corrected chi connectivity index (χ3v) is 4.22. The fourth-order valence-corrected chi connectivity index (χ4v) is 2.82. The number of rotatable bonds is 7. The molecule has 1 N–H and O–H groups in total. The van der Waals surface area contributed by atoms with E-state index in [1.165, 1.54) is 0 Å². The van der Waals surface area contributed by atoms with Gasteiger partial charge in [-0.3, -0.25) is 9.69 Å². The molecule has 1 aromatic carbocycles. The zero-order valence-electron chi connectivity index (χ0n) is 14.4. The van der Waals surface area contributed by atoms with Gasteiger partial charge in [0.15, 0.2) is 0 Å². The maximum atomic E-state index is 12.5. The Kier molecular flexibility index (Phi) is 5.99. The van der Waals surface area contributed by atoms with Crippen molar-refractivity contribution in [2.75, 3.05) is 19.6 Å². The molecule has 1 amide bonds. The van der Waals surface area contributed by atoms with Gasteiger partial charge in [0.1, 0.15) is 5.76 Å². The van der Waals surface area contributed by atoms with Gasteiger partial charge >= 0.3 is 0 Å². The lowest BCUT2D eigenvalue weighted by molar-refractivity contribution is 0.0929. The lowest BCUT2D eigenvalue weighted by atomic mass is 10.0. The molecule has 0 aliphatic carbocycles. The fraction of sp³-hybridized carbons (Fsp3) is 0.421. The first-order valence-corrected chi connectivity index (χ1v) is 8.19. The van der Waals surface area contributed by atoms with E-state index in [0.29, 0.717) is 6.54 Å². The SMILES string of the molecule is CCN(CC)C(CNC(=O)c1cc(C)ccc1C)c1ccco1. The first-order valence-electron chi connectivity index (χ1n) is 8.19. The van der Waals surface area contributed by atoms with Crippen molar-refractivity contribution in [3.8, 4) is 0 Å². The molecule has 0 spiro atoms. The van der Waals surface area contributed by atoms with Crippen LogP contribution in [-0.4, -0.2) is 30.4 Å². The van der Waals surface area contributed by atoms with Crippen molar-refractivity contribution < 1.29 is 9.21 Å². The van der Waals surface area contributed by atoms with Gasteiger partial charge in [-0.2, -0.15) is 0 Å². The number of hydrogen-bond donors (Lipinski definition) is 1. The summed E-state index contributed by atoms with van der Waals surface area (Å²) >= 11 is 0. The highest BCUT2D eigenvalue weighted by molar-refractivity contribution is 5.95. The number of nitrogens with one attached hydrogen (secondary N) is 1. The zero-order chi connectivity index (χ0) is 16.8. The fourth-order valence-electron chi connectivity index (χ4n) is 2.82. The Morgan fingerprint density at radius 3 is 2.57 bits per heavy atom. The van der Waals surface area contributed by atoms with E-state index in [9.17, 15) is 4.79 Å². The van der Waals surface area contributed by atoms with Crippen LogP contribution in [0.2, 0.25) is 0 Å². The second kappa shape index (κ2) is 7.97. The molecule has 23 heavy (non-hydrogen) atoms. The standard InChI is InChI=1S/C19H26N2O2/c1-5-21(6-2)17(18-8-7-11-23-18)13-20-19(22)16-12-14(3)9-10-15(16)4/h7-12,17H,5-6,13H2,1-4H3,(H,20,22). The molecule has 0 fully saturated rings. The number of nitrogens with zero attached hydrogens (tertiary/aromatic N) is 1. The van der Waals surface area contributed by atoms with Crippen molar-refractivity contribution in [2.45, 2.75) is 33.7 Å². The summed E-state index contributed by atoms with van der Waals surface area (Å²) in [5, 5.41) is 3.06. The van der Waals surface area contributed by atoms with Crippen LogP contribution >= 0.6 is 0 Å². The number of carbonyl (C=O) groups excluding carboxylic acids is 1. The molecular formula is C19H26N2O2. The van der Waals surface area contributed by atoms with Crippen LogP contribution in [0.3, 0.4) is 0 Å². The van der Waals surface area contributed by atoms with Gasteiger partial charge in [0.25, 0.3) is 5.91 Å². The van der Waals surface area contributed by atoms with Crippen LogP contribution in [0.1, 0.15) is 47.1 Å². The second-order valence-corrected chi connectivity index (χ2v) is 5.78. The largest absolute Gasteiger partial charge is 0.468 e. The van der Waals surface area contributed by atoms with Crippen LogP contribution in [0.15, 0.2) is 41.0 Å². The maximum Gasteiger partial charge on any atom is 0.251 e. The third-order valence-electron chi connectivity index (χ3n) is 4.22. The number of benzene rings is 1. The second-order valence-electron chi connectivity index (χ2n) is 5.78. The first-order chi connectivity index (χ1) is 11.1. The minimum atomic E-state index is -0.0325. The van der Waals surface area contributed by atoms with Gasteiger partial charge in [-0.1, -0.05) is 31.5 Å². The molecule has 2 aromatic rings. The van der Waals surface area contributed by atoms with Gasteiger partial charge in [0.2, 0.25) is 0 Å². The van der Waals surface area contributed by atoms with Crippen LogP contribution in [0.5, 0.6) is 0 Å². The van der Waals surface area contributed by atoms with Crippen LogP contribution in [0, 0.1) is 13.8 Å². The predicted octanol–water partition coefficient (Wildman–Crippen LogP) is 3.71. The molecule has 1 aromatic heterocycles. The Labute approximate surface area is 138 Å². The Bertz CT molecular complexity index is 631. The first kappa shape index (κ1) is 17.3. The lowest BCUT2D eigenvalue weighted by Gasteiger charge is -2.28. The number of hydrogen-bond acceptors (Lipinski definition) is 3. The van der Waals surface area contributed by atoms with Gasteiger partial charge in [-0.05, 0) is 50.7 Å². The van der Waals surface area contributed by atoms with E-state index in [2.05, 4.69) is 24.1 Å². The Morgan fingerprint density at radius 1 is 1.22 bits per heavy atom. The molecule has 0 aliphatic rings. The summed E-state index contributed by atoms with van der Waals surface area (Å²) < 4.78 is 5.57. The van der Waals surface area contributed by atoms with Gasteiger partial charge in [-0.25, -0.2) is 0 Å². The maximum absolute atomic E-state index is 12.5. The number of aryl methyl sites for hydroxylation is 2. The minimum Gasteiger partial charge on any atom is -0.468 e. The summed E-state index contributed by atoms with van der Waals surface area (Å²) in [6.07, 6.45) is 1.68. The molecule has 0 radical (unpaired) electrons. The molecule has 0 saturated heterocycles. The third kappa shape index (κ3) is 4.23. The van der Waals surface area contributed by atoms with Crippen LogP contribution in [0.4, 0.5) is 0 Å². The highest BCUT2D eigenvalue weighted by atomic mass is 16.3. The van der Waals surface area contributed by atoms with E-state index >= 15 is 0 Å². The molecular weight excluding hydrogens is 288 g/mol. The minimum absolute atomic E-state index is 0.0325. The van der Waals surface area contributed by atoms with Crippen molar-refractivity contribution in [3.05, 3.63) is 59.0 Å². The van der Waals surface area contributed by atoms with Crippen LogP contribution in [0.25, 0.3) is 0 Å². The van der Waals surface area contributed by atoms with Crippen molar-refractivity contribution in [1.82, 2.24) is 10.2 Å². The molecule has 1 unspecified atom stereocenters. The summed E-state index contributed by atoms with van der Waals surface area (Å²) in [7, 11) is 0. The summed E-state index contributed by atoms with van der Waals surface area (Å²) in [5.41, 5.74) is 2.82.